The molecule has 0 amide bonds. The van der Waals surface area contributed by atoms with Gasteiger partial charge in [-0.05, 0) is 96.3 Å². The Balaban J connectivity index is 3.44. The van der Waals surface area contributed by atoms with Crippen LogP contribution in [0.2, 0.25) is 0 Å². The van der Waals surface area contributed by atoms with E-state index in [9.17, 15) is 14.7 Å². The zero-order chi connectivity index (χ0) is 52.7. The van der Waals surface area contributed by atoms with E-state index in [1.54, 1.807) is 0 Å². The van der Waals surface area contributed by atoms with E-state index in [4.69, 9.17) is 9.47 Å². The highest BCUT2D eigenvalue weighted by atomic mass is 16.6. The zero-order valence-corrected chi connectivity index (χ0v) is 48.1. The van der Waals surface area contributed by atoms with Crippen LogP contribution in [0, 0.1) is 0 Å². The van der Waals surface area contributed by atoms with Crippen molar-refractivity contribution in [2.24, 2.45) is 0 Å². The topological polar surface area (TPSA) is 72.8 Å². The van der Waals surface area contributed by atoms with E-state index in [1.807, 2.05) is 0 Å². The number of ether oxygens (including phenoxy) is 2. The van der Waals surface area contributed by atoms with Gasteiger partial charge in [-0.25, -0.2) is 0 Å². The molecule has 0 saturated carbocycles. The maximum absolute atomic E-state index is 12.3. The van der Waals surface area contributed by atoms with Crippen molar-refractivity contribution in [2.45, 2.75) is 309 Å². The van der Waals surface area contributed by atoms with E-state index in [0.717, 1.165) is 89.9 Å². The summed E-state index contributed by atoms with van der Waals surface area (Å²) in [5.41, 5.74) is 0. The number of carbonyl (C=O) groups excluding carboxylic acids is 2. The van der Waals surface area contributed by atoms with Crippen molar-refractivity contribution in [3.8, 4) is 0 Å². The fraction of sp³-hybridized carbons (Fsp3) is 0.735. The summed E-state index contributed by atoms with van der Waals surface area (Å²) in [5.74, 6) is -0.590. The molecule has 0 fully saturated rings. The van der Waals surface area contributed by atoms with Crippen LogP contribution in [0.25, 0.3) is 0 Å². The third-order valence-corrected chi connectivity index (χ3v) is 13.6. The summed E-state index contributed by atoms with van der Waals surface area (Å²) in [6.45, 7) is 4.02. The number of aliphatic hydroxyl groups is 1. The fourth-order valence-electron chi connectivity index (χ4n) is 8.94. The lowest BCUT2D eigenvalue weighted by molar-refractivity contribution is -0.161. The second-order valence-electron chi connectivity index (χ2n) is 20.8. The monoisotopic (exact) mass is 1010 g/mol. The Kier molecular flexibility index (Phi) is 60.4. The van der Waals surface area contributed by atoms with Crippen LogP contribution in [0.5, 0.6) is 0 Å². The highest BCUT2D eigenvalue weighted by molar-refractivity contribution is 5.70. The van der Waals surface area contributed by atoms with Crippen LogP contribution >= 0.6 is 0 Å². The van der Waals surface area contributed by atoms with Crippen LogP contribution in [0.3, 0.4) is 0 Å². The molecule has 0 aromatic rings. The third-order valence-electron chi connectivity index (χ3n) is 13.6. The lowest BCUT2D eigenvalue weighted by atomic mass is 10.0. The van der Waals surface area contributed by atoms with Gasteiger partial charge in [-0.2, -0.15) is 0 Å². The predicted molar refractivity (Wildman–Crippen MR) is 320 cm³/mol. The van der Waals surface area contributed by atoms with Gasteiger partial charge in [-0.1, -0.05) is 291 Å². The van der Waals surface area contributed by atoms with Gasteiger partial charge in [0.25, 0.3) is 0 Å². The zero-order valence-electron chi connectivity index (χ0n) is 48.1. The van der Waals surface area contributed by atoms with Crippen molar-refractivity contribution in [3.05, 3.63) is 97.2 Å². The second kappa shape index (κ2) is 63.1. The summed E-state index contributed by atoms with van der Waals surface area (Å²) in [6.07, 6.45) is 89.8. The first-order chi connectivity index (χ1) is 36.1. The first kappa shape index (κ1) is 69.8. The number of hydrogen-bond acceptors (Lipinski definition) is 5. The first-order valence-electron chi connectivity index (χ1n) is 31.3. The Bertz CT molecular complexity index is 1380. The van der Waals surface area contributed by atoms with E-state index in [1.165, 1.54) is 186 Å². The summed E-state index contributed by atoms with van der Waals surface area (Å²) in [4.78, 5) is 24.5. The maximum atomic E-state index is 12.3. The van der Waals surface area contributed by atoms with Crippen molar-refractivity contribution in [3.63, 3.8) is 0 Å². The number of aliphatic hydroxyl groups excluding tert-OH is 1. The van der Waals surface area contributed by atoms with Gasteiger partial charge in [-0.15, -0.1) is 0 Å². The van der Waals surface area contributed by atoms with Crippen LogP contribution in [-0.4, -0.2) is 36.4 Å². The number of rotatable bonds is 57. The second-order valence-corrected chi connectivity index (χ2v) is 20.8. The Hall–Kier alpha value is -3.18. The molecule has 0 aromatic heterocycles. The average molecular weight is 1020 g/mol. The summed E-state index contributed by atoms with van der Waals surface area (Å²) in [7, 11) is 0. The fourth-order valence-corrected chi connectivity index (χ4v) is 8.94. The third kappa shape index (κ3) is 61.3. The minimum atomic E-state index is -0.778. The molecule has 73 heavy (non-hydrogen) atoms. The molecule has 0 radical (unpaired) electrons. The smallest absolute Gasteiger partial charge is 0.306 e. The van der Waals surface area contributed by atoms with Crippen molar-refractivity contribution < 1.29 is 24.2 Å². The van der Waals surface area contributed by atoms with E-state index in [-0.39, 0.29) is 25.2 Å². The lowest BCUT2D eigenvalue weighted by Crippen LogP contribution is -2.28. The molecule has 0 aliphatic carbocycles. The molecule has 0 aromatic carbocycles. The van der Waals surface area contributed by atoms with Gasteiger partial charge in [0.05, 0.1) is 6.61 Å². The van der Waals surface area contributed by atoms with Gasteiger partial charge in [0.15, 0.2) is 6.10 Å². The Morgan fingerprint density at radius 1 is 0.329 bits per heavy atom. The van der Waals surface area contributed by atoms with Gasteiger partial charge in [0, 0.05) is 12.8 Å². The quantitative estimate of drug-likeness (QED) is 0.0373. The van der Waals surface area contributed by atoms with Gasteiger partial charge >= 0.3 is 11.9 Å². The van der Waals surface area contributed by atoms with Crippen molar-refractivity contribution in [1.82, 2.24) is 0 Å². The van der Waals surface area contributed by atoms with Gasteiger partial charge in [0.2, 0.25) is 0 Å². The Labute approximate surface area is 453 Å². The van der Waals surface area contributed by atoms with Gasteiger partial charge in [-0.3, -0.25) is 9.59 Å². The molecule has 0 rings (SSSR count). The van der Waals surface area contributed by atoms with E-state index in [2.05, 4.69) is 111 Å². The molecule has 1 N–H and O–H groups in total. The molecular formula is C68H118O5. The molecule has 5 heteroatoms. The minimum Gasteiger partial charge on any atom is -0.462 e. The average Bonchev–Trinajstić information content (AvgIpc) is 3.39. The molecule has 0 bridgehead atoms. The molecule has 0 aliphatic rings. The lowest BCUT2D eigenvalue weighted by Gasteiger charge is -2.15. The molecule has 5 nitrogen and oxygen atoms in total. The summed E-state index contributed by atoms with van der Waals surface area (Å²) in [5, 5.41) is 9.66. The van der Waals surface area contributed by atoms with E-state index >= 15 is 0 Å². The normalized spacial score (nSPS) is 12.9. The number of hydrogen-bond donors (Lipinski definition) is 1. The van der Waals surface area contributed by atoms with Crippen LogP contribution in [0.4, 0.5) is 0 Å². The summed E-state index contributed by atoms with van der Waals surface area (Å²) in [6, 6.07) is 0. The van der Waals surface area contributed by atoms with E-state index < -0.39 is 6.10 Å². The van der Waals surface area contributed by atoms with Crippen LogP contribution in [-0.2, 0) is 19.1 Å². The molecule has 0 saturated heterocycles. The standard InChI is InChI=1S/C68H118O5/c1-3-5-7-9-11-13-15-17-19-21-23-24-25-26-27-28-29-30-31-32-33-34-35-36-37-38-39-40-41-42-43-44-45-47-49-51-53-55-57-59-61-63-68(71)73-66(64-69)65-72-67(70)62-60-58-56-54-52-50-48-46-22-20-18-16-14-12-10-8-6-4-2/h5,7,11,13-14,16-17,19-20,22-24,26-27,29-30,66,69H,3-4,6,8-10,12,15,18,21,25,28,31-65H2,1-2H3/b7-5-,13-11-,16-14-,19-17-,22-20-,24-23-,27-26-,30-29-. The number of unbranched alkanes of at least 4 members (excludes halogenated alkanes) is 33. The molecule has 0 heterocycles. The molecular weight excluding hydrogens is 897 g/mol. The van der Waals surface area contributed by atoms with Crippen LogP contribution < -0.4 is 0 Å². The van der Waals surface area contributed by atoms with Crippen LogP contribution in [0.15, 0.2) is 97.2 Å². The highest BCUT2D eigenvalue weighted by Gasteiger charge is 2.16. The van der Waals surface area contributed by atoms with Gasteiger partial charge < -0.3 is 14.6 Å². The summed E-state index contributed by atoms with van der Waals surface area (Å²) < 4.78 is 10.7. The molecule has 0 aliphatic heterocycles. The summed E-state index contributed by atoms with van der Waals surface area (Å²) >= 11 is 0. The molecule has 420 valence electrons. The molecule has 0 spiro atoms. The highest BCUT2D eigenvalue weighted by Crippen LogP contribution is 2.17. The van der Waals surface area contributed by atoms with Gasteiger partial charge in [0.1, 0.15) is 6.61 Å². The van der Waals surface area contributed by atoms with Crippen molar-refractivity contribution >= 4 is 11.9 Å². The SMILES string of the molecule is CC/C=C\C/C=C\C/C=C\C/C=C\C/C=C\C/C=C\CCCCCCCCCCCCCCCCCCCCCCCCC(=O)OC(CO)COC(=O)CCCCCCCCC/C=C\C/C=C\CCCCCC. The largest absolute Gasteiger partial charge is 0.462 e. The number of allylic oxidation sites excluding steroid dienone is 16. The maximum Gasteiger partial charge on any atom is 0.306 e. The Morgan fingerprint density at radius 2 is 0.589 bits per heavy atom. The van der Waals surface area contributed by atoms with Crippen LogP contribution in [0.1, 0.15) is 303 Å². The van der Waals surface area contributed by atoms with Crippen molar-refractivity contribution in [1.29, 1.82) is 0 Å². The van der Waals surface area contributed by atoms with E-state index in [0.29, 0.717) is 12.8 Å². The molecule has 1 atom stereocenters. The predicted octanol–water partition coefficient (Wildman–Crippen LogP) is 21.5. The van der Waals surface area contributed by atoms with Crippen molar-refractivity contribution in [2.75, 3.05) is 13.2 Å². The number of esters is 2. The molecule has 1 unspecified atom stereocenters. The number of carbonyl (C=O) groups is 2. The minimum absolute atomic E-state index is 0.0695. The Morgan fingerprint density at radius 3 is 0.890 bits per heavy atom. The first-order valence-corrected chi connectivity index (χ1v) is 31.3.